The number of amides is 1. The van der Waals surface area contributed by atoms with Gasteiger partial charge in [0, 0.05) is 27.9 Å². The normalized spacial score (nSPS) is 11.2. The van der Waals surface area contributed by atoms with Gasteiger partial charge in [0.05, 0.1) is 15.2 Å². The standard InChI is InChI=1S/C27H17Cl2N3O2S2/c28-17-7-12-20(21(29)15-17)23-13-10-19(34-23)11-14-25(33)32-27(35)30-18-8-5-16(6-9-18)26-31-22-3-1-2-4-24(22)36-26/h1-15H,(H2,30,32,33,35)/b14-11+. The highest BCUT2D eigenvalue weighted by atomic mass is 35.5. The number of rotatable bonds is 5. The second-order valence-corrected chi connectivity index (χ2v) is 9.95. The van der Waals surface area contributed by atoms with Crippen molar-refractivity contribution >= 4 is 79.8 Å². The molecule has 5 nitrogen and oxygen atoms in total. The summed E-state index contributed by atoms with van der Waals surface area (Å²) >= 11 is 19.1. The number of benzene rings is 3. The predicted octanol–water partition coefficient (Wildman–Crippen LogP) is 8.06. The van der Waals surface area contributed by atoms with Crippen molar-refractivity contribution in [3.8, 4) is 21.9 Å². The molecule has 0 spiro atoms. The Bertz CT molecular complexity index is 1570. The topological polar surface area (TPSA) is 67.2 Å². The monoisotopic (exact) mass is 549 g/mol. The Labute approximate surface area is 226 Å². The minimum absolute atomic E-state index is 0.186. The Kier molecular flexibility index (Phi) is 7.16. The van der Waals surface area contributed by atoms with E-state index in [9.17, 15) is 4.79 Å². The number of furan rings is 1. The highest BCUT2D eigenvalue weighted by Crippen LogP contribution is 2.32. The second-order valence-electron chi connectivity index (χ2n) is 7.67. The van der Waals surface area contributed by atoms with Crippen molar-refractivity contribution in [3.05, 3.63) is 101 Å². The van der Waals surface area contributed by atoms with Gasteiger partial charge in [0.2, 0.25) is 5.91 Å². The molecule has 5 rings (SSSR count). The van der Waals surface area contributed by atoms with Crippen LogP contribution in [0.4, 0.5) is 5.69 Å². The summed E-state index contributed by atoms with van der Waals surface area (Å²) in [5.74, 6) is 0.680. The van der Waals surface area contributed by atoms with E-state index in [1.807, 2.05) is 42.5 Å². The molecule has 0 saturated carbocycles. The van der Waals surface area contributed by atoms with Gasteiger partial charge in [-0.15, -0.1) is 11.3 Å². The van der Waals surface area contributed by atoms with Gasteiger partial charge in [-0.05, 0) is 85.0 Å². The molecular weight excluding hydrogens is 533 g/mol. The van der Waals surface area contributed by atoms with Crippen LogP contribution in [-0.2, 0) is 4.79 Å². The summed E-state index contributed by atoms with van der Waals surface area (Å²) in [4.78, 5) is 17.0. The van der Waals surface area contributed by atoms with Gasteiger partial charge in [0.1, 0.15) is 16.5 Å². The van der Waals surface area contributed by atoms with Crippen LogP contribution in [0.25, 0.3) is 38.2 Å². The van der Waals surface area contributed by atoms with Crippen LogP contribution in [0.15, 0.2) is 89.4 Å². The molecule has 3 aromatic carbocycles. The van der Waals surface area contributed by atoms with Crippen LogP contribution in [0, 0.1) is 0 Å². The summed E-state index contributed by atoms with van der Waals surface area (Å²) < 4.78 is 6.91. The fraction of sp³-hybridized carbons (Fsp3) is 0. The lowest BCUT2D eigenvalue weighted by Crippen LogP contribution is -2.32. The van der Waals surface area contributed by atoms with E-state index in [1.165, 1.54) is 6.08 Å². The largest absolute Gasteiger partial charge is 0.457 e. The molecular formula is C27H17Cl2N3O2S2. The summed E-state index contributed by atoms with van der Waals surface area (Å²) in [5, 5.41) is 7.79. The molecule has 0 aliphatic carbocycles. The van der Waals surface area contributed by atoms with Crippen molar-refractivity contribution in [1.29, 1.82) is 0 Å². The zero-order chi connectivity index (χ0) is 25.1. The SMILES string of the molecule is O=C(/C=C/c1ccc(-c2ccc(Cl)cc2Cl)o1)NC(=S)Nc1ccc(-c2nc3ccccc3s2)cc1. The highest BCUT2D eigenvalue weighted by molar-refractivity contribution is 7.80. The summed E-state index contributed by atoms with van der Waals surface area (Å²) in [6.45, 7) is 0. The molecule has 2 N–H and O–H groups in total. The smallest absolute Gasteiger partial charge is 0.250 e. The Morgan fingerprint density at radius 3 is 2.58 bits per heavy atom. The Morgan fingerprint density at radius 2 is 1.81 bits per heavy atom. The number of aromatic nitrogens is 1. The number of nitrogens with one attached hydrogen (secondary N) is 2. The van der Waals surface area contributed by atoms with Gasteiger partial charge in [-0.25, -0.2) is 4.98 Å². The minimum Gasteiger partial charge on any atom is -0.457 e. The number of fused-ring (bicyclic) bond motifs is 1. The van der Waals surface area contributed by atoms with E-state index in [0.717, 1.165) is 26.5 Å². The van der Waals surface area contributed by atoms with Gasteiger partial charge in [-0.3, -0.25) is 10.1 Å². The number of halogens is 2. The second kappa shape index (κ2) is 10.6. The van der Waals surface area contributed by atoms with Gasteiger partial charge in [-0.2, -0.15) is 0 Å². The van der Waals surface area contributed by atoms with Crippen molar-refractivity contribution < 1.29 is 9.21 Å². The fourth-order valence-corrected chi connectivity index (χ4v) is 5.13. The van der Waals surface area contributed by atoms with Crippen LogP contribution in [0.3, 0.4) is 0 Å². The average molecular weight is 550 g/mol. The van der Waals surface area contributed by atoms with Gasteiger partial charge in [0.25, 0.3) is 0 Å². The summed E-state index contributed by atoms with van der Waals surface area (Å²) in [5.41, 5.74) is 3.46. The van der Waals surface area contributed by atoms with Gasteiger partial charge in [-0.1, -0.05) is 35.3 Å². The van der Waals surface area contributed by atoms with E-state index >= 15 is 0 Å². The zero-order valence-corrected chi connectivity index (χ0v) is 21.6. The Balaban J connectivity index is 1.17. The van der Waals surface area contributed by atoms with E-state index in [2.05, 4.69) is 21.7 Å². The van der Waals surface area contributed by atoms with Gasteiger partial charge >= 0.3 is 0 Å². The van der Waals surface area contributed by atoms with Crippen LogP contribution in [0.2, 0.25) is 10.0 Å². The quantitative estimate of drug-likeness (QED) is 0.171. The maximum Gasteiger partial charge on any atom is 0.250 e. The lowest BCUT2D eigenvalue weighted by molar-refractivity contribution is -0.115. The van der Waals surface area contributed by atoms with E-state index in [4.69, 9.17) is 39.8 Å². The number of hydrogen-bond acceptors (Lipinski definition) is 5. The van der Waals surface area contributed by atoms with Crippen LogP contribution < -0.4 is 10.6 Å². The van der Waals surface area contributed by atoms with E-state index in [-0.39, 0.29) is 11.0 Å². The Hall–Kier alpha value is -3.49. The average Bonchev–Trinajstić information content (AvgIpc) is 3.50. The molecule has 1 amide bonds. The van der Waals surface area contributed by atoms with Crippen LogP contribution in [-0.4, -0.2) is 16.0 Å². The first kappa shape index (κ1) is 24.2. The molecule has 0 atom stereocenters. The summed E-state index contributed by atoms with van der Waals surface area (Å²) in [6.07, 6.45) is 2.90. The first-order valence-electron chi connectivity index (χ1n) is 10.8. The maximum absolute atomic E-state index is 12.3. The van der Waals surface area contributed by atoms with Crippen molar-refractivity contribution in [2.24, 2.45) is 0 Å². The van der Waals surface area contributed by atoms with Gasteiger partial charge < -0.3 is 9.73 Å². The van der Waals surface area contributed by atoms with Crippen molar-refractivity contribution in [2.75, 3.05) is 5.32 Å². The molecule has 0 aliphatic heterocycles. The number of carbonyl (C=O) groups excluding carboxylic acids is 1. The molecule has 2 aromatic heterocycles. The van der Waals surface area contributed by atoms with Crippen LogP contribution in [0.5, 0.6) is 0 Å². The number of thiocarbonyl (C=S) groups is 1. The number of carbonyl (C=O) groups is 1. The molecule has 0 aliphatic rings. The maximum atomic E-state index is 12.3. The first-order chi connectivity index (χ1) is 17.4. The van der Waals surface area contributed by atoms with Crippen molar-refractivity contribution in [2.45, 2.75) is 0 Å². The molecule has 2 heterocycles. The lowest BCUT2D eigenvalue weighted by Gasteiger charge is -2.08. The van der Waals surface area contributed by atoms with Gasteiger partial charge in [0.15, 0.2) is 5.11 Å². The number of thiazole rings is 1. The van der Waals surface area contributed by atoms with Crippen LogP contribution in [0.1, 0.15) is 5.76 Å². The minimum atomic E-state index is -0.388. The third-order valence-electron chi connectivity index (χ3n) is 5.14. The zero-order valence-electron chi connectivity index (χ0n) is 18.5. The molecule has 0 saturated heterocycles. The van der Waals surface area contributed by atoms with E-state index < -0.39 is 0 Å². The van der Waals surface area contributed by atoms with E-state index in [1.54, 1.807) is 47.7 Å². The number of anilines is 1. The highest BCUT2D eigenvalue weighted by Gasteiger charge is 2.09. The third-order valence-corrected chi connectivity index (χ3v) is 6.98. The van der Waals surface area contributed by atoms with Crippen molar-refractivity contribution in [3.63, 3.8) is 0 Å². The summed E-state index contributed by atoms with van der Waals surface area (Å²) in [7, 11) is 0. The number of hydrogen-bond donors (Lipinski definition) is 2. The molecule has 5 aromatic rings. The predicted molar refractivity (Wildman–Crippen MR) is 153 cm³/mol. The molecule has 9 heteroatoms. The van der Waals surface area contributed by atoms with Crippen LogP contribution >= 0.6 is 46.8 Å². The third kappa shape index (κ3) is 5.66. The molecule has 178 valence electrons. The molecule has 0 radical (unpaired) electrons. The Morgan fingerprint density at radius 1 is 1.00 bits per heavy atom. The lowest BCUT2D eigenvalue weighted by atomic mass is 10.2. The molecule has 0 unspecified atom stereocenters. The first-order valence-corrected chi connectivity index (χ1v) is 12.7. The summed E-state index contributed by atoms with van der Waals surface area (Å²) in [6, 6.07) is 24.4. The molecule has 0 bridgehead atoms. The fourth-order valence-electron chi connectivity index (χ4n) is 3.44. The number of nitrogens with zero attached hydrogens (tertiary/aromatic N) is 1. The molecule has 36 heavy (non-hydrogen) atoms. The van der Waals surface area contributed by atoms with Crippen molar-refractivity contribution in [1.82, 2.24) is 10.3 Å². The van der Waals surface area contributed by atoms with E-state index in [0.29, 0.717) is 27.1 Å². The molecule has 0 fully saturated rings. The number of para-hydroxylation sites is 1.